The van der Waals surface area contributed by atoms with Crippen LogP contribution in [0.4, 0.5) is 0 Å². The number of amides is 1. The van der Waals surface area contributed by atoms with Gasteiger partial charge in [0.05, 0.1) is 5.92 Å². The molecule has 1 aliphatic heterocycles. The van der Waals surface area contributed by atoms with Crippen molar-refractivity contribution in [1.29, 1.82) is 0 Å². The number of likely N-dealkylation sites (tertiary alicyclic amines) is 1. The molecule has 0 unspecified atom stereocenters. The maximum absolute atomic E-state index is 12.5. The highest BCUT2D eigenvalue weighted by atomic mass is 16.4. The predicted octanol–water partition coefficient (Wildman–Crippen LogP) is 1.46. The first-order chi connectivity index (χ1) is 9.47. The van der Waals surface area contributed by atoms with Crippen LogP contribution in [-0.4, -0.2) is 41.5 Å². The van der Waals surface area contributed by atoms with Gasteiger partial charge in [0, 0.05) is 19.5 Å². The molecule has 2 fully saturated rings. The van der Waals surface area contributed by atoms with Gasteiger partial charge in [-0.05, 0) is 30.7 Å². The number of hydrogen-bond donors (Lipinski definition) is 2. The van der Waals surface area contributed by atoms with Crippen LogP contribution in [0.3, 0.4) is 0 Å². The van der Waals surface area contributed by atoms with Crippen LogP contribution < -0.4 is 5.73 Å². The lowest BCUT2D eigenvalue weighted by atomic mass is 9.71. The SMILES string of the molecule is C[C@@H]1CN(C(=O)CC2(CN)CCCCC2)C[C@H]1C(=O)O. The molecule has 2 rings (SSSR count). The summed E-state index contributed by atoms with van der Waals surface area (Å²) in [6.45, 7) is 3.39. The maximum Gasteiger partial charge on any atom is 0.308 e. The topological polar surface area (TPSA) is 83.6 Å². The summed E-state index contributed by atoms with van der Waals surface area (Å²) >= 11 is 0. The van der Waals surface area contributed by atoms with Crippen LogP contribution in [0.2, 0.25) is 0 Å². The van der Waals surface area contributed by atoms with Gasteiger partial charge in [-0.25, -0.2) is 0 Å². The number of carbonyl (C=O) groups excluding carboxylic acids is 1. The van der Waals surface area contributed by atoms with Gasteiger partial charge in [-0.1, -0.05) is 26.2 Å². The fourth-order valence-corrected chi connectivity index (χ4v) is 3.68. The van der Waals surface area contributed by atoms with E-state index in [0.29, 0.717) is 26.1 Å². The Labute approximate surface area is 120 Å². The van der Waals surface area contributed by atoms with Crippen molar-refractivity contribution in [1.82, 2.24) is 4.90 Å². The lowest BCUT2D eigenvalue weighted by molar-refractivity contribution is -0.142. The van der Waals surface area contributed by atoms with Crippen molar-refractivity contribution < 1.29 is 14.7 Å². The molecule has 5 heteroatoms. The van der Waals surface area contributed by atoms with E-state index in [9.17, 15) is 9.59 Å². The normalized spacial score (nSPS) is 29.4. The van der Waals surface area contributed by atoms with Gasteiger partial charge in [0.2, 0.25) is 5.91 Å². The minimum Gasteiger partial charge on any atom is -0.481 e. The van der Waals surface area contributed by atoms with E-state index in [1.54, 1.807) is 4.90 Å². The highest BCUT2D eigenvalue weighted by Gasteiger charge is 2.40. The summed E-state index contributed by atoms with van der Waals surface area (Å²) in [4.78, 5) is 25.3. The molecule has 0 aromatic heterocycles. The van der Waals surface area contributed by atoms with Crippen LogP contribution in [0.15, 0.2) is 0 Å². The summed E-state index contributed by atoms with van der Waals surface area (Å²) in [7, 11) is 0. The smallest absolute Gasteiger partial charge is 0.308 e. The molecule has 1 saturated carbocycles. The number of hydrogen-bond acceptors (Lipinski definition) is 3. The Morgan fingerprint density at radius 2 is 1.90 bits per heavy atom. The van der Waals surface area contributed by atoms with E-state index >= 15 is 0 Å². The number of aliphatic carboxylic acids is 1. The monoisotopic (exact) mass is 282 g/mol. The lowest BCUT2D eigenvalue weighted by Crippen LogP contribution is -2.40. The number of carboxylic acid groups (broad SMARTS) is 1. The highest BCUT2D eigenvalue weighted by molar-refractivity contribution is 5.79. The van der Waals surface area contributed by atoms with E-state index in [2.05, 4.69) is 0 Å². The minimum atomic E-state index is -0.793. The molecule has 0 bridgehead atoms. The Morgan fingerprint density at radius 3 is 2.40 bits per heavy atom. The van der Waals surface area contributed by atoms with Gasteiger partial charge >= 0.3 is 5.97 Å². The van der Waals surface area contributed by atoms with Crippen molar-refractivity contribution in [2.45, 2.75) is 45.4 Å². The van der Waals surface area contributed by atoms with Crippen molar-refractivity contribution in [3.05, 3.63) is 0 Å². The van der Waals surface area contributed by atoms with Crippen LogP contribution in [0, 0.1) is 17.3 Å². The van der Waals surface area contributed by atoms with Crippen molar-refractivity contribution in [2.24, 2.45) is 23.0 Å². The van der Waals surface area contributed by atoms with Gasteiger partial charge in [0.15, 0.2) is 0 Å². The second-order valence-corrected chi connectivity index (χ2v) is 6.66. The lowest BCUT2D eigenvalue weighted by Gasteiger charge is -2.36. The second-order valence-electron chi connectivity index (χ2n) is 6.66. The fourth-order valence-electron chi connectivity index (χ4n) is 3.68. The Hall–Kier alpha value is -1.10. The summed E-state index contributed by atoms with van der Waals surface area (Å²) in [6, 6.07) is 0. The fraction of sp³-hybridized carbons (Fsp3) is 0.867. The molecule has 1 heterocycles. The van der Waals surface area contributed by atoms with Gasteiger partial charge < -0.3 is 15.7 Å². The summed E-state index contributed by atoms with van der Waals surface area (Å²) in [5, 5.41) is 9.14. The molecule has 0 spiro atoms. The third-order valence-corrected chi connectivity index (χ3v) is 5.16. The molecule has 3 N–H and O–H groups in total. The van der Waals surface area contributed by atoms with Gasteiger partial charge in [0.25, 0.3) is 0 Å². The van der Waals surface area contributed by atoms with E-state index in [0.717, 1.165) is 25.7 Å². The van der Waals surface area contributed by atoms with E-state index < -0.39 is 11.9 Å². The molecule has 1 saturated heterocycles. The van der Waals surface area contributed by atoms with E-state index in [-0.39, 0.29) is 17.2 Å². The summed E-state index contributed by atoms with van der Waals surface area (Å²) < 4.78 is 0. The quantitative estimate of drug-likeness (QED) is 0.817. The molecule has 114 valence electrons. The molecule has 1 amide bonds. The third-order valence-electron chi connectivity index (χ3n) is 5.16. The summed E-state index contributed by atoms with van der Waals surface area (Å²) in [5.41, 5.74) is 5.88. The average molecular weight is 282 g/mol. The molecular weight excluding hydrogens is 256 g/mol. The number of carbonyl (C=O) groups is 2. The molecule has 20 heavy (non-hydrogen) atoms. The van der Waals surface area contributed by atoms with E-state index in [1.807, 2.05) is 6.92 Å². The van der Waals surface area contributed by atoms with Crippen LogP contribution >= 0.6 is 0 Å². The van der Waals surface area contributed by atoms with Crippen molar-refractivity contribution in [3.8, 4) is 0 Å². The zero-order valence-corrected chi connectivity index (χ0v) is 12.3. The van der Waals surface area contributed by atoms with E-state index in [4.69, 9.17) is 10.8 Å². The van der Waals surface area contributed by atoms with Crippen molar-refractivity contribution in [3.63, 3.8) is 0 Å². The molecule has 1 aliphatic carbocycles. The molecule has 0 radical (unpaired) electrons. The van der Waals surface area contributed by atoms with Crippen LogP contribution in [-0.2, 0) is 9.59 Å². The third kappa shape index (κ3) is 3.14. The number of nitrogens with two attached hydrogens (primary N) is 1. The maximum atomic E-state index is 12.5. The minimum absolute atomic E-state index is 0.0385. The number of nitrogens with zero attached hydrogens (tertiary/aromatic N) is 1. The van der Waals surface area contributed by atoms with E-state index in [1.165, 1.54) is 6.42 Å². The average Bonchev–Trinajstić information content (AvgIpc) is 2.82. The van der Waals surface area contributed by atoms with Gasteiger partial charge in [-0.15, -0.1) is 0 Å². The van der Waals surface area contributed by atoms with Crippen LogP contribution in [0.5, 0.6) is 0 Å². The summed E-state index contributed by atoms with van der Waals surface area (Å²) in [5.74, 6) is -1.08. The molecule has 0 aromatic rings. The molecule has 0 aromatic carbocycles. The second kappa shape index (κ2) is 6.12. The molecule has 5 nitrogen and oxygen atoms in total. The first-order valence-electron chi connectivity index (χ1n) is 7.68. The number of rotatable bonds is 4. The first kappa shape index (κ1) is 15.3. The van der Waals surface area contributed by atoms with Crippen LogP contribution in [0.1, 0.15) is 45.4 Å². The zero-order chi connectivity index (χ0) is 14.8. The van der Waals surface area contributed by atoms with Gasteiger partial charge in [-0.3, -0.25) is 9.59 Å². The largest absolute Gasteiger partial charge is 0.481 e. The molecule has 2 aliphatic rings. The standard InChI is InChI=1S/C15H26N2O3/c1-11-8-17(9-12(11)14(19)20)13(18)7-15(10-16)5-3-2-4-6-15/h11-12H,2-10,16H2,1H3,(H,19,20)/t11-,12-/m1/s1. The first-order valence-corrected chi connectivity index (χ1v) is 7.68. The van der Waals surface area contributed by atoms with Crippen molar-refractivity contribution >= 4 is 11.9 Å². The van der Waals surface area contributed by atoms with Gasteiger partial charge in [0.1, 0.15) is 0 Å². The Balaban J connectivity index is 1.96. The predicted molar refractivity (Wildman–Crippen MR) is 76.1 cm³/mol. The van der Waals surface area contributed by atoms with Crippen LogP contribution in [0.25, 0.3) is 0 Å². The molecular formula is C15H26N2O3. The Bertz CT molecular complexity index is 377. The highest BCUT2D eigenvalue weighted by Crippen LogP contribution is 2.39. The Kier molecular flexibility index (Phi) is 4.68. The number of carboxylic acids is 1. The Morgan fingerprint density at radius 1 is 1.25 bits per heavy atom. The zero-order valence-electron chi connectivity index (χ0n) is 12.3. The summed E-state index contributed by atoms with van der Waals surface area (Å²) in [6.07, 6.45) is 6.08. The van der Waals surface area contributed by atoms with Gasteiger partial charge in [-0.2, -0.15) is 0 Å². The van der Waals surface area contributed by atoms with Crippen molar-refractivity contribution in [2.75, 3.05) is 19.6 Å². The molecule has 2 atom stereocenters.